The third-order valence-corrected chi connectivity index (χ3v) is 9.64. The van der Waals surface area contributed by atoms with Gasteiger partial charge in [0.15, 0.2) is 0 Å². The second-order valence-electron chi connectivity index (χ2n) is 12.4. The number of imidazole rings is 1. The number of para-hydroxylation sites is 2. The number of hydrogen-bond acceptors (Lipinski definition) is 1. The van der Waals surface area contributed by atoms with Gasteiger partial charge in [-0.3, -0.25) is 0 Å². The van der Waals surface area contributed by atoms with E-state index >= 15 is 0 Å². The highest BCUT2D eigenvalue weighted by Gasteiger charge is 2.26. The predicted molar refractivity (Wildman–Crippen MR) is 195 cm³/mol. The van der Waals surface area contributed by atoms with Crippen LogP contribution >= 0.6 is 0 Å². The van der Waals surface area contributed by atoms with E-state index in [1.807, 2.05) is 0 Å². The Kier molecular flexibility index (Phi) is 6.21. The molecule has 0 bridgehead atoms. The van der Waals surface area contributed by atoms with Crippen molar-refractivity contribution in [1.82, 2.24) is 9.55 Å². The van der Waals surface area contributed by atoms with Crippen molar-refractivity contribution in [2.24, 2.45) is 5.92 Å². The molecule has 0 saturated carbocycles. The zero-order chi connectivity index (χ0) is 30.6. The molecule has 1 aromatic heterocycles. The fraction of sp³-hybridized carbons (Fsp3) is 0.0682. The molecule has 9 rings (SSSR count). The Bertz CT molecular complexity index is 2440. The van der Waals surface area contributed by atoms with E-state index in [0.717, 1.165) is 22.4 Å². The summed E-state index contributed by atoms with van der Waals surface area (Å²) in [6, 6.07) is 52.6. The molecule has 2 nitrogen and oxygen atoms in total. The fourth-order valence-electron chi connectivity index (χ4n) is 7.54. The van der Waals surface area contributed by atoms with Gasteiger partial charge in [-0.15, -0.1) is 0 Å². The molecule has 0 spiro atoms. The van der Waals surface area contributed by atoms with Gasteiger partial charge in [0.25, 0.3) is 0 Å². The summed E-state index contributed by atoms with van der Waals surface area (Å²) in [5.41, 5.74) is 8.44. The van der Waals surface area contributed by atoms with Crippen molar-refractivity contribution in [2.45, 2.75) is 13.0 Å². The maximum Gasteiger partial charge on any atom is 0.141 e. The molecular weight excluding hydrogens is 556 g/mol. The van der Waals surface area contributed by atoms with Gasteiger partial charge in [0.1, 0.15) is 5.82 Å². The first-order valence-electron chi connectivity index (χ1n) is 16.1. The molecule has 0 aliphatic heterocycles. The lowest BCUT2D eigenvalue weighted by Crippen LogP contribution is -2.17. The van der Waals surface area contributed by atoms with Crippen molar-refractivity contribution in [3.05, 3.63) is 169 Å². The smallest absolute Gasteiger partial charge is 0.141 e. The molecule has 0 radical (unpaired) electrons. The molecule has 46 heavy (non-hydrogen) atoms. The molecule has 0 N–H and O–H groups in total. The van der Waals surface area contributed by atoms with Gasteiger partial charge in [-0.2, -0.15) is 0 Å². The predicted octanol–water partition coefficient (Wildman–Crippen LogP) is 11.7. The average Bonchev–Trinajstić information content (AvgIpc) is 3.50. The summed E-state index contributed by atoms with van der Waals surface area (Å²) < 4.78 is 2.43. The second kappa shape index (κ2) is 10.7. The Morgan fingerprint density at radius 1 is 0.543 bits per heavy atom. The largest absolute Gasteiger partial charge is 0.316 e. The van der Waals surface area contributed by atoms with Gasteiger partial charge in [0, 0.05) is 5.56 Å². The highest BCUT2D eigenvalue weighted by molar-refractivity contribution is 6.20. The van der Waals surface area contributed by atoms with E-state index in [2.05, 4.69) is 175 Å². The Morgan fingerprint density at radius 3 is 1.87 bits per heavy atom. The summed E-state index contributed by atoms with van der Waals surface area (Å²) >= 11 is 0. The Labute approximate surface area is 268 Å². The van der Waals surface area contributed by atoms with Gasteiger partial charge in [-0.25, -0.2) is 4.98 Å². The van der Waals surface area contributed by atoms with E-state index in [1.165, 1.54) is 54.6 Å². The van der Waals surface area contributed by atoms with E-state index in [-0.39, 0.29) is 12.0 Å². The number of benzene rings is 7. The summed E-state index contributed by atoms with van der Waals surface area (Å²) in [7, 11) is 0. The van der Waals surface area contributed by atoms with E-state index < -0.39 is 0 Å². The van der Waals surface area contributed by atoms with Gasteiger partial charge in [0.2, 0.25) is 0 Å². The van der Waals surface area contributed by atoms with Crippen molar-refractivity contribution in [3.63, 3.8) is 0 Å². The highest BCUT2D eigenvalue weighted by Crippen LogP contribution is 2.45. The Balaban J connectivity index is 1.22. The summed E-state index contributed by atoms with van der Waals surface area (Å²) in [4.78, 5) is 5.12. The topological polar surface area (TPSA) is 17.8 Å². The SMILES string of the molecule is CC1C=C(c2c3ccccc3c(-c3ccc4ccccc4c3)c3ccccc23)C=CC1n1c(-c2ccccc2)nc2ccccc21. The Morgan fingerprint density at radius 2 is 1.15 bits per heavy atom. The summed E-state index contributed by atoms with van der Waals surface area (Å²) in [6.07, 6.45) is 7.21. The minimum atomic E-state index is 0.140. The third-order valence-electron chi connectivity index (χ3n) is 9.64. The molecule has 0 saturated heterocycles. The molecule has 218 valence electrons. The minimum Gasteiger partial charge on any atom is -0.316 e. The van der Waals surface area contributed by atoms with E-state index in [9.17, 15) is 0 Å². The van der Waals surface area contributed by atoms with Crippen molar-refractivity contribution in [1.29, 1.82) is 0 Å². The van der Waals surface area contributed by atoms with Gasteiger partial charge < -0.3 is 4.57 Å². The first-order valence-corrected chi connectivity index (χ1v) is 16.1. The van der Waals surface area contributed by atoms with Crippen LogP contribution in [0.15, 0.2) is 164 Å². The van der Waals surface area contributed by atoms with Gasteiger partial charge in [0.05, 0.1) is 17.1 Å². The molecule has 2 heteroatoms. The van der Waals surface area contributed by atoms with E-state index in [0.29, 0.717) is 0 Å². The first kappa shape index (κ1) is 26.7. The number of fused-ring (bicyclic) bond motifs is 4. The van der Waals surface area contributed by atoms with E-state index in [1.54, 1.807) is 0 Å². The molecule has 0 amide bonds. The molecule has 1 heterocycles. The third kappa shape index (κ3) is 4.22. The van der Waals surface area contributed by atoms with Gasteiger partial charge in [-0.1, -0.05) is 153 Å². The van der Waals surface area contributed by atoms with Crippen LogP contribution in [0.1, 0.15) is 18.5 Å². The van der Waals surface area contributed by atoms with Crippen LogP contribution in [0.3, 0.4) is 0 Å². The van der Waals surface area contributed by atoms with E-state index in [4.69, 9.17) is 4.98 Å². The maximum atomic E-state index is 5.12. The van der Waals surface area contributed by atoms with Crippen molar-refractivity contribution >= 4 is 48.9 Å². The summed E-state index contributed by atoms with van der Waals surface area (Å²) in [5.74, 6) is 1.26. The maximum absolute atomic E-state index is 5.12. The van der Waals surface area contributed by atoms with Crippen LogP contribution in [-0.4, -0.2) is 9.55 Å². The van der Waals surface area contributed by atoms with Crippen molar-refractivity contribution in [2.75, 3.05) is 0 Å². The number of nitrogens with zero attached hydrogens (tertiary/aromatic N) is 2. The van der Waals surface area contributed by atoms with Crippen LogP contribution in [0, 0.1) is 5.92 Å². The highest BCUT2D eigenvalue weighted by atomic mass is 15.1. The fourth-order valence-corrected chi connectivity index (χ4v) is 7.54. The van der Waals surface area contributed by atoms with Crippen LogP contribution in [0.25, 0.3) is 71.4 Å². The first-order chi connectivity index (χ1) is 22.7. The molecule has 0 fully saturated rings. The van der Waals surface area contributed by atoms with Crippen LogP contribution in [0.4, 0.5) is 0 Å². The van der Waals surface area contributed by atoms with Crippen molar-refractivity contribution in [3.8, 4) is 22.5 Å². The molecule has 2 unspecified atom stereocenters. The van der Waals surface area contributed by atoms with Crippen LogP contribution in [-0.2, 0) is 0 Å². The lowest BCUT2D eigenvalue weighted by molar-refractivity contribution is 0.502. The number of aromatic nitrogens is 2. The standard InChI is InChI=1S/C44H32N2/c1-29-27-33(25-26-40(29)46-41-22-12-11-21-39(41)45-44(46)31-14-3-2-4-15-31)42-35-17-7-9-19-37(35)43(38-20-10-8-18-36(38)42)34-24-23-30-13-5-6-16-32(30)28-34/h2-29,40H,1H3. The zero-order valence-corrected chi connectivity index (χ0v) is 25.6. The summed E-state index contributed by atoms with van der Waals surface area (Å²) in [5, 5.41) is 7.65. The second-order valence-corrected chi connectivity index (χ2v) is 12.4. The zero-order valence-electron chi connectivity index (χ0n) is 25.6. The molecule has 1 aliphatic carbocycles. The number of rotatable bonds is 4. The van der Waals surface area contributed by atoms with Crippen molar-refractivity contribution < 1.29 is 0 Å². The molecule has 1 aliphatic rings. The molecule has 2 atom stereocenters. The van der Waals surface area contributed by atoms with Crippen LogP contribution in [0.5, 0.6) is 0 Å². The lowest BCUT2D eigenvalue weighted by Gasteiger charge is -2.28. The van der Waals surface area contributed by atoms with Crippen LogP contribution in [0.2, 0.25) is 0 Å². The molecule has 8 aromatic rings. The minimum absolute atomic E-state index is 0.140. The molecular formula is C44H32N2. The number of hydrogen-bond donors (Lipinski definition) is 0. The monoisotopic (exact) mass is 588 g/mol. The normalized spacial score (nSPS) is 16.4. The molecule has 7 aromatic carbocycles. The number of allylic oxidation sites excluding steroid dienone is 4. The summed E-state index contributed by atoms with van der Waals surface area (Å²) in [6.45, 7) is 2.34. The Hall–Kier alpha value is -5.73. The van der Waals surface area contributed by atoms with Gasteiger partial charge in [-0.05, 0) is 78.7 Å². The van der Waals surface area contributed by atoms with Crippen LogP contribution < -0.4 is 0 Å². The van der Waals surface area contributed by atoms with Gasteiger partial charge >= 0.3 is 0 Å². The lowest BCUT2D eigenvalue weighted by atomic mass is 9.82. The quantitative estimate of drug-likeness (QED) is 0.187. The average molecular weight is 589 g/mol.